The molecule has 0 amide bonds. The van der Waals surface area contributed by atoms with Gasteiger partial charge in [-0.2, -0.15) is 0 Å². The third-order valence-corrected chi connectivity index (χ3v) is 6.59. The first-order chi connectivity index (χ1) is 10.8. The second-order valence-corrected chi connectivity index (χ2v) is 7.15. The molecule has 1 aromatic heterocycles. The summed E-state index contributed by atoms with van der Waals surface area (Å²) < 4.78 is 7.65. The fraction of sp³-hybridized carbons (Fsp3) is 0.200. The number of pyridine rings is 1. The van der Waals surface area contributed by atoms with E-state index in [2.05, 4.69) is 38.5 Å². The van der Waals surface area contributed by atoms with Crippen molar-refractivity contribution in [2.24, 2.45) is 0 Å². The summed E-state index contributed by atoms with van der Waals surface area (Å²) in [7, 11) is 1.24. The van der Waals surface area contributed by atoms with Crippen LogP contribution in [0, 0.1) is 3.70 Å². The first-order valence-corrected chi connectivity index (χ1v) is 9.11. The minimum absolute atomic E-state index is 0.0416. The molecule has 4 nitrogen and oxygen atoms in total. The molecule has 0 radical (unpaired) electrons. The van der Waals surface area contributed by atoms with Crippen molar-refractivity contribution in [2.45, 2.75) is 13.5 Å². The van der Waals surface area contributed by atoms with Crippen LogP contribution in [0.15, 0.2) is 27.5 Å². The van der Waals surface area contributed by atoms with Crippen molar-refractivity contribution in [3.05, 3.63) is 52.2 Å². The molecule has 2 rings (SSSR count). The van der Waals surface area contributed by atoms with Crippen LogP contribution < -0.4 is 5.43 Å². The summed E-state index contributed by atoms with van der Waals surface area (Å²) in [6.45, 7) is 2.47. The van der Waals surface area contributed by atoms with E-state index in [-0.39, 0.29) is 5.56 Å². The molecule has 2 aromatic rings. The van der Waals surface area contributed by atoms with E-state index in [1.54, 1.807) is 18.2 Å². The van der Waals surface area contributed by atoms with E-state index in [1.807, 2.05) is 11.5 Å². The Balaban J connectivity index is 2.96. The van der Waals surface area contributed by atoms with E-state index in [9.17, 15) is 9.59 Å². The molecule has 0 fully saturated rings. The molecule has 0 unspecified atom stereocenters. The minimum atomic E-state index is -0.699. The molecule has 1 heterocycles. The quantitative estimate of drug-likeness (QED) is 0.319. The van der Waals surface area contributed by atoms with E-state index in [0.717, 1.165) is 0 Å². The summed E-state index contributed by atoms with van der Waals surface area (Å²) in [4.78, 5) is 24.8. The zero-order chi connectivity index (χ0) is 17.3. The molecule has 122 valence electrons. The number of carbonyl (C=O) groups excluding carboxylic acids is 1. The van der Waals surface area contributed by atoms with Crippen molar-refractivity contribution in [3.8, 4) is 11.3 Å². The summed E-state index contributed by atoms with van der Waals surface area (Å²) in [5, 5.41) is 0.736. The van der Waals surface area contributed by atoms with Crippen molar-refractivity contribution in [2.75, 3.05) is 7.11 Å². The second-order valence-electron chi connectivity index (χ2n) is 4.52. The summed E-state index contributed by atoms with van der Waals surface area (Å²) in [6, 6.07) is 4.96. The largest absolute Gasteiger partial charge is 0.465 e. The lowest BCUT2D eigenvalue weighted by atomic mass is 10.0. The van der Waals surface area contributed by atoms with Crippen LogP contribution in [0.5, 0.6) is 0 Å². The number of benzene rings is 1. The SMILES string of the molecule is CCn1c(I)c(Br)c(=O)c(C(=O)OC)c1-c1ccc(Cl)c(Cl)c1. The van der Waals surface area contributed by atoms with Gasteiger partial charge in [-0.1, -0.05) is 29.3 Å². The molecule has 0 saturated heterocycles. The van der Waals surface area contributed by atoms with Crippen molar-refractivity contribution in [1.29, 1.82) is 0 Å². The second kappa shape index (κ2) is 7.55. The molecule has 0 aliphatic rings. The highest BCUT2D eigenvalue weighted by Crippen LogP contribution is 2.32. The number of esters is 1. The van der Waals surface area contributed by atoms with Crippen LogP contribution in [0.25, 0.3) is 11.3 Å². The maximum atomic E-state index is 12.6. The van der Waals surface area contributed by atoms with Crippen LogP contribution >= 0.6 is 61.7 Å². The van der Waals surface area contributed by atoms with Gasteiger partial charge in [-0.05, 0) is 57.6 Å². The standard InChI is InChI=1S/C15H11BrCl2INO3/c1-3-20-12(7-4-5-8(17)9(18)6-7)10(15(22)23-2)13(21)11(16)14(20)19/h4-6H,3H2,1-2H3. The summed E-state index contributed by atoms with van der Waals surface area (Å²) in [6.07, 6.45) is 0. The van der Waals surface area contributed by atoms with Gasteiger partial charge in [-0.15, -0.1) is 0 Å². The van der Waals surface area contributed by atoms with Gasteiger partial charge in [0.15, 0.2) is 0 Å². The van der Waals surface area contributed by atoms with E-state index < -0.39 is 11.4 Å². The average molecular weight is 531 g/mol. The number of nitrogens with zero attached hydrogens (tertiary/aromatic N) is 1. The molecule has 8 heteroatoms. The Bertz CT molecular complexity index is 852. The summed E-state index contributed by atoms with van der Waals surface area (Å²) >= 11 is 17.4. The van der Waals surface area contributed by atoms with Crippen molar-refractivity contribution in [1.82, 2.24) is 4.57 Å². The van der Waals surface area contributed by atoms with Crippen LogP contribution in [-0.2, 0) is 11.3 Å². The van der Waals surface area contributed by atoms with Gasteiger partial charge in [-0.25, -0.2) is 4.79 Å². The van der Waals surface area contributed by atoms with Gasteiger partial charge in [-0.3, -0.25) is 4.79 Å². The lowest BCUT2D eigenvalue weighted by Gasteiger charge is -2.19. The third-order valence-electron chi connectivity index (χ3n) is 3.25. The normalized spacial score (nSPS) is 10.7. The smallest absolute Gasteiger partial charge is 0.344 e. The van der Waals surface area contributed by atoms with Crippen LogP contribution in [0.3, 0.4) is 0 Å². The van der Waals surface area contributed by atoms with Gasteiger partial charge in [0.1, 0.15) is 5.56 Å². The van der Waals surface area contributed by atoms with Crippen molar-refractivity contribution >= 4 is 67.7 Å². The number of ether oxygens (including phenoxy) is 1. The maximum Gasteiger partial charge on any atom is 0.344 e. The van der Waals surface area contributed by atoms with Crippen LogP contribution in [0.2, 0.25) is 10.0 Å². The highest BCUT2D eigenvalue weighted by atomic mass is 127. The fourth-order valence-corrected chi connectivity index (χ4v) is 3.73. The van der Waals surface area contributed by atoms with Crippen LogP contribution in [0.4, 0.5) is 0 Å². The number of halogens is 4. The first kappa shape index (κ1) is 18.8. The molecular weight excluding hydrogens is 520 g/mol. The maximum absolute atomic E-state index is 12.6. The number of rotatable bonds is 3. The molecule has 0 aliphatic heterocycles. The highest BCUT2D eigenvalue weighted by molar-refractivity contribution is 14.1. The zero-order valence-electron chi connectivity index (χ0n) is 12.1. The van der Waals surface area contributed by atoms with E-state index in [1.165, 1.54) is 7.11 Å². The lowest BCUT2D eigenvalue weighted by Crippen LogP contribution is -2.25. The van der Waals surface area contributed by atoms with Gasteiger partial charge in [0.2, 0.25) is 5.43 Å². The molecule has 1 aromatic carbocycles. The summed E-state index contributed by atoms with van der Waals surface area (Å²) in [5.74, 6) is -0.699. The van der Waals surface area contributed by atoms with E-state index in [0.29, 0.717) is 36.0 Å². The highest BCUT2D eigenvalue weighted by Gasteiger charge is 2.25. The Morgan fingerprint density at radius 3 is 2.52 bits per heavy atom. The Kier molecular flexibility index (Phi) is 6.16. The Labute approximate surface area is 165 Å². The predicted molar refractivity (Wildman–Crippen MR) is 104 cm³/mol. The van der Waals surface area contributed by atoms with E-state index in [4.69, 9.17) is 27.9 Å². The van der Waals surface area contributed by atoms with Crippen LogP contribution in [0.1, 0.15) is 17.3 Å². The fourth-order valence-electron chi connectivity index (χ4n) is 2.19. The number of carbonyl (C=O) groups is 1. The zero-order valence-corrected chi connectivity index (χ0v) is 17.4. The Hall–Kier alpha value is -0.570. The molecule has 0 aliphatic carbocycles. The third kappa shape index (κ3) is 3.45. The monoisotopic (exact) mass is 529 g/mol. The molecule has 0 atom stereocenters. The van der Waals surface area contributed by atoms with Crippen molar-refractivity contribution in [3.63, 3.8) is 0 Å². The molecule has 0 bridgehead atoms. The van der Waals surface area contributed by atoms with Gasteiger partial charge in [0.25, 0.3) is 0 Å². The molecule has 0 saturated carbocycles. The van der Waals surface area contributed by atoms with E-state index >= 15 is 0 Å². The topological polar surface area (TPSA) is 48.3 Å². The number of hydrogen-bond donors (Lipinski definition) is 0. The lowest BCUT2D eigenvalue weighted by molar-refractivity contribution is 0.0599. The molecular formula is C15H11BrCl2INO3. The molecule has 23 heavy (non-hydrogen) atoms. The number of hydrogen-bond acceptors (Lipinski definition) is 3. The summed E-state index contributed by atoms with van der Waals surface area (Å²) in [5.41, 5.74) is 0.603. The van der Waals surface area contributed by atoms with Gasteiger partial charge >= 0.3 is 5.97 Å². The van der Waals surface area contributed by atoms with Crippen molar-refractivity contribution < 1.29 is 9.53 Å². The Morgan fingerprint density at radius 2 is 2.00 bits per heavy atom. The number of methoxy groups -OCH3 is 1. The average Bonchev–Trinajstić information content (AvgIpc) is 2.54. The first-order valence-electron chi connectivity index (χ1n) is 6.49. The molecule has 0 N–H and O–H groups in total. The van der Waals surface area contributed by atoms with Crippen LogP contribution in [-0.4, -0.2) is 17.6 Å². The molecule has 0 spiro atoms. The Morgan fingerprint density at radius 1 is 1.35 bits per heavy atom. The van der Waals surface area contributed by atoms with Gasteiger partial charge in [0, 0.05) is 12.1 Å². The van der Waals surface area contributed by atoms with Gasteiger partial charge < -0.3 is 9.30 Å². The predicted octanol–water partition coefficient (Wildman–Crippen LogP) is 5.00. The number of aromatic nitrogens is 1. The minimum Gasteiger partial charge on any atom is -0.465 e. The van der Waals surface area contributed by atoms with Gasteiger partial charge in [0.05, 0.1) is 31.0 Å².